The van der Waals surface area contributed by atoms with Gasteiger partial charge >= 0.3 is 0 Å². The molecule has 2 aromatic carbocycles. The molecule has 1 amide bonds. The summed E-state index contributed by atoms with van der Waals surface area (Å²) >= 11 is 7.43. The molecule has 0 unspecified atom stereocenters. The maximum absolute atomic E-state index is 13.9. The van der Waals surface area contributed by atoms with E-state index in [0.717, 1.165) is 17.3 Å². The predicted molar refractivity (Wildman–Crippen MR) is 129 cm³/mol. The third kappa shape index (κ3) is 4.79. The van der Waals surface area contributed by atoms with Crippen molar-refractivity contribution in [3.63, 3.8) is 0 Å². The summed E-state index contributed by atoms with van der Waals surface area (Å²) in [6.07, 6.45) is 0. The molecular formula is C23H21ClFN5O2S. The molecule has 0 spiro atoms. The number of aryl methyl sites for hydroxylation is 2. The van der Waals surface area contributed by atoms with E-state index < -0.39 is 11.7 Å². The van der Waals surface area contributed by atoms with Crippen LogP contribution in [0.4, 0.5) is 10.1 Å². The Morgan fingerprint density at radius 2 is 1.91 bits per heavy atom. The van der Waals surface area contributed by atoms with Crippen LogP contribution in [0.25, 0.3) is 11.0 Å². The van der Waals surface area contributed by atoms with Crippen molar-refractivity contribution in [2.24, 2.45) is 0 Å². The Balaban J connectivity index is 1.70. The third-order valence-corrected chi connectivity index (χ3v) is 6.39. The minimum Gasteiger partial charge on any atom is -0.323 e. The van der Waals surface area contributed by atoms with Gasteiger partial charge in [0.15, 0.2) is 10.7 Å². The number of aromatic nitrogens is 4. The topological polar surface area (TPSA) is 81.8 Å². The highest BCUT2D eigenvalue weighted by Gasteiger charge is 2.20. The van der Waals surface area contributed by atoms with Gasteiger partial charge in [-0.2, -0.15) is 5.10 Å². The van der Waals surface area contributed by atoms with Crippen LogP contribution in [0.5, 0.6) is 0 Å². The van der Waals surface area contributed by atoms with Crippen molar-refractivity contribution < 1.29 is 9.18 Å². The number of carbonyl (C=O) groups is 1. The fraction of sp³-hybridized carbons (Fsp3) is 0.217. The minimum absolute atomic E-state index is 0.0598. The lowest BCUT2D eigenvalue weighted by Gasteiger charge is -2.14. The van der Waals surface area contributed by atoms with Crippen molar-refractivity contribution in [3.8, 4) is 0 Å². The smallest absolute Gasteiger partial charge is 0.280 e. The van der Waals surface area contributed by atoms with Crippen LogP contribution >= 0.6 is 23.4 Å². The molecule has 2 heterocycles. The first-order valence-electron chi connectivity index (χ1n) is 10.3. The Morgan fingerprint density at radius 1 is 1.18 bits per heavy atom. The molecule has 10 heteroatoms. The Bertz CT molecular complexity index is 1400. The zero-order chi connectivity index (χ0) is 23.5. The molecule has 1 N–H and O–H groups in total. The predicted octanol–water partition coefficient (Wildman–Crippen LogP) is 4.49. The zero-order valence-corrected chi connectivity index (χ0v) is 19.6. The van der Waals surface area contributed by atoms with Crippen molar-refractivity contribution in [2.45, 2.75) is 32.1 Å². The molecule has 0 bridgehead atoms. The van der Waals surface area contributed by atoms with E-state index in [4.69, 9.17) is 11.6 Å². The fourth-order valence-corrected chi connectivity index (χ4v) is 4.43. The first-order valence-corrected chi connectivity index (χ1v) is 11.6. The van der Waals surface area contributed by atoms with E-state index in [9.17, 15) is 14.0 Å². The van der Waals surface area contributed by atoms with Crippen molar-refractivity contribution >= 4 is 46.0 Å². The molecule has 0 radical (unpaired) electrons. The third-order valence-electron chi connectivity index (χ3n) is 5.05. The van der Waals surface area contributed by atoms with E-state index in [1.54, 1.807) is 29.8 Å². The second-order valence-electron chi connectivity index (χ2n) is 7.29. The van der Waals surface area contributed by atoms with Crippen LogP contribution in [0, 0.1) is 12.7 Å². The normalized spacial score (nSPS) is 11.2. The van der Waals surface area contributed by atoms with Gasteiger partial charge in [-0.1, -0.05) is 53.7 Å². The average molecular weight is 486 g/mol. The summed E-state index contributed by atoms with van der Waals surface area (Å²) in [6.45, 7) is 4.40. The first kappa shape index (κ1) is 23.0. The number of fused-ring (bicyclic) bond motifs is 1. The quantitative estimate of drug-likeness (QED) is 0.308. The van der Waals surface area contributed by atoms with Crippen LogP contribution in [0.15, 0.2) is 58.5 Å². The summed E-state index contributed by atoms with van der Waals surface area (Å²) < 4.78 is 17.0. The summed E-state index contributed by atoms with van der Waals surface area (Å²) in [6, 6.07) is 13.2. The van der Waals surface area contributed by atoms with E-state index in [1.165, 1.54) is 16.7 Å². The van der Waals surface area contributed by atoms with Crippen molar-refractivity contribution in [2.75, 3.05) is 11.1 Å². The van der Waals surface area contributed by atoms with Gasteiger partial charge in [-0.15, -0.1) is 0 Å². The van der Waals surface area contributed by atoms with Crippen LogP contribution in [0.2, 0.25) is 5.02 Å². The molecule has 7 nitrogen and oxygen atoms in total. The van der Waals surface area contributed by atoms with Crippen LogP contribution in [0.1, 0.15) is 18.2 Å². The average Bonchev–Trinajstić information content (AvgIpc) is 3.13. The summed E-state index contributed by atoms with van der Waals surface area (Å²) in [5.74, 6) is -0.992. The lowest BCUT2D eigenvalue weighted by atomic mass is 10.2. The van der Waals surface area contributed by atoms with Crippen molar-refractivity contribution in [1.29, 1.82) is 0 Å². The molecule has 0 saturated heterocycles. The van der Waals surface area contributed by atoms with Gasteiger partial charge in [-0.3, -0.25) is 18.8 Å². The number of carbonyl (C=O) groups excluding carboxylic acids is 1. The monoisotopic (exact) mass is 485 g/mol. The van der Waals surface area contributed by atoms with Crippen molar-refractivity contribution in [3.05, 3.63) is 81.0 Å². The van der Waals surface area contributed by atoms with Crippen LogP contribution < -0.4 is 10.9 Å². The van der Waals surface area contributed by atoms with E-state index in [1.807, 2.05) is 25.1 Å². The van der Waals surface area contributed by atoms with Crippen LogP contribution in [0.3, 0.4) is 0 Å². The molecule has 4 aromatic rings. The number of para-hydroxylation sites is 1. The minimum atomic E-state index is -0.520. The number of nitrogens with one attached hydrogen (secondary N) is 1. The summed E-state index contributed by atoms with van der Waals surface area (Å²) in [5.41, 5.74) is 2.11. The van der Waals surface area contributed by atoms with Gasteiger partial charge < -0.3 is 5.32 Å². The number of rotatable bonds is 7. The highest BCUT2D eigenvalue weighted by atomic mass is 35.5. The Labute approximate surface area is 198 Å². The summed E-state index contributed by atoms with van der Waals surface area (Å²) in [4.78, 5) is 30.6. The van der Waals surface area contributed by atoms with Gasteiger partial charge in [0.1, 0.15) is 11.3 Å². The number of anilines is 1. The molecule has 0 fully saturated rings. The van der Waals surface area contributed by atoms with Gasteiger partial charge in [-0.05, 0) is 37.6 Å². The molecule has 0 aliphatic heterocycles. The Hall–Kier alpha value is -3.17. The van der Waals surface area contributed by atoms with Gasteiger partial charge in [-0.25, -0.2) is 9.37 Å². The van der Waals surface area contributed by atoms with Crippen LogP contribution in [-0.2, 0) is 17.9 Å². The van der Waals surface area contributed by atoms with Gasteiger partial charge in [0.05, 0.1) is 23.7 Å². The number of thioether (sulfide) groups is 1. The number of benzene rings is 2. The molecule has 170 valence electrons. The number of hydrogen-bond acceptors (Lipinski definition) is 5. The maximum atomic E-state index is 13.9. The van der Waals surface area contributed by atoms with Crippen molar-refractivity contribution in [1.82, 2.24) is 19.3 Å². The molecule has 0 saturated carbocycles. The second kappa shape index (κ2) is 9.76. The molecule has 0 atom stereocenters. The molecule has 2 aromatic heterocycles. The molecule has 0 aliphatic carbocycles. The first-order chi connectivity index (χ1) is 15.9. The number of halogens is 2. The van der Waals surface area contributed by atoms with E-state index in [2.05, 4.69) is 15.4 Å². The van der Waals surface area contributed by atoms with Gasteiger partial charge in [0.25, 0.3) is 5.56 Å². The summed E-state index contributed by atoms with van der Waals surface area (Å²) in [5, 5.41) is 7.85. The number of hydrogen-bond donors (Lipinski definition) is 1. The number of nitrogens with zero attached hydrogens (tertiary/aromatic N) is 4. The highest BCUT2D eigenvalue weighted by molar-refractivity contribution is 7.99. The highest BCUT2D eigenvalue weighted by Crippen LogP contribution is 2.23. The fourth-order valence-electron chi connectivity index (χ4n) is 3.44. The largest absolute Gasteiger partial charge is 0.323 e. The van der Waals surface area contributed by atoms with Crippen LogP contribution in [-0.4, -0.2) is 31.0 Å². The Kier molecular flexibility index (Phi) is 6.80. The molecule has 0 aliphatic rings. The van der Waals surface area contributed by atoms with E-state index >= 15 is 0 Å². The van der Waals surface area contributed by atoms with E-state index in [-0.39, 0.29) is 23.5 Å². The lowest BCUT2D eigenvalue weighted by Crippen LogP contribution is -2.26. The molecule has 4 rings (SSSR count). The molecular weight excluding hydrogens is 465 g/mol. The summed E-state index contributed by atoms with van der Waals surface area (Å²) in [7, 11) is 0. The lowest BCUT2D eigenvalue weighted by molar-refractivity contribution is -0.113. The number of amides is 1. The Morgan fingerprint density at radius 3 is 2.64 bits per heavy atom. The molecule has 33 heavy (non-hydrogen) atoms. The zero-order valence-electron chi connectivity index (χ0n) is 18.0. The standard InChI is InChI=1S/C23H21ClFN5O2S/c1-3-30-21-20(14(2)28-30)27-23(29(22(21)32)12-15-8-4-5-9-16(15)24)33-13-19(31)26-18-11-7-6-10-17(18)25/h4-11H,3,12-13H2,1-2H3,(H,26,31). The van der Waals surface area contributed by atoms with Gasteiger partial charge in [0, 0.05) is 11.6 Å². The van der Waals surface area contributed by atoms with E-state index in [0.29, 0.717) is 33.5 Å². The second-order valence-corrected chi connectivity index (χ2v) is 8.64. The SMILES string of the molecule is CCn1nc(C)c2nc(SCC(=O)Nc3ccccc3F)n(Cc3ccccc3Cl)c(=O)c21. The van der Waals surface area contributed by atoms with Gasteiger partial charge in [0.2, 0.25) is 5.91 Å². The maximum Gasteiger partial charge on any atom is 0.280 e.